The molecule has 1 aromatic rings. The van der Waals surface area contributed by atoms with Gasteiger partial charge in [-0.3, -0.25) is 4.68 Å². The number of hydrogen-bond acceptors (Lipinski definition) is 4. The number of halogens is 1. The van der Waals surface area contributed by atoms with Crippen molar-refractivity contribution in [3.63, 3.8) is 0 Å². The van der Waals surface area contributed by atoms with E-state index in [4.69, 9.17) is 22.1 Å². The Balaban J connectivity index is 1.91. The summed E-state index contributed by atoms with van der Waals surface area (Å²) < 4.78 is 7.16. The predicted molar refractivity (Wildman–Crippen MR) is 77.7 cm³/mol. The summed E-state index contributed by atoms with van der Waals surface area (Å²) in [4.78, 5) is 13.7. The first-order chi connectivity index (χ1) is 9.26. The van der Waals surface area contributed by atoms with Crippen LogP contribution in [-0.4, -0.2) is 39.5 Å². The molecule has 1 aliphatic heterocycles. The van der Waals surface area contributed by atoms with Gasteiger partial charge in [-0.15, -0.1) is 0 Å². The van der Waals surface area contributed by atoms with Crippen molar-refractivity contribution in [2.45, 2.75) is 45.3 Å². The van der Waals surface area contributed by atoms with Crippen LogP contribution in [0.3, 0.4) is 0 Å². The molecule has 2 rings (SSSR count). The first-order valence-electron chi connectivity index (χ1n) is 6.74. The second-order valence-corrected chi connectivity index (χ2v) is 6.41. The van der Waals surface area contributed by atoms with Gasteiger partial charge in [0.15, 0.2) is 5.15 Å². The number of nitrogens with two attached hydrogens (primary N) is 1. The van der Waals surface area contributed by atoms with Crippen molar-refractivity contribution in [2.75, 3.05) is 18.8 Å². The van der Waals surface area contributed by atoms with Crippen molar-refractivity contribution in [2.24, 2.45) is 0 Å². The van der Waals surface area contributed by atoms with Crippen LogP contribution in [0.4, 0.5) is 10.5 Å². The summed E-state index contributed by atoms with van der Waals surface area (Å²) in [7, 11) is 0. The van der Waals surface area contributed by atoms with Crippen LogP contribution in [0.25, 0.3) is 0 Å². The van der Waals surface area contributed by atoms with E-state index in [1.807, 2.05) is 20.8 Å². The minimum absolute atomic E-state index is 0.225. The Bertz CT molecular complexity index is 468. The number of ether oxygens (including phenoxy) is 1. The number of nitrogens with zero attached hydrogens (tertiary/aromatic N) is 3. The van der Waals surface area contributed by atoms with E-state index in [1.165, 1.54) is 0 Å². The SMILES string of the molecule is CC(C)(C)OC(=O)N1CCC(n2cc(N)c(Cl)n2)CC1. The van der Waals surface area contributed by atoms with Gasteiger partial charge in [-0.2, -0.15) is 5.10 Å². The molecule has 0 spiro atoms. The maximum Gasteiger partial charge on any atom is 0.410 e. The third-order valence-electron chi connectivity index (χ3n) is 3.20. The Hall–Kier alpha value is -1.43. The number of likely N-dealkylation sites (tertiary alicyclic amines) is 1. The zero-order valence-electron chi connectivity index (χ0n) is 12.1. The summed E-state index contributed by atoms with van der Waals surface area (Å²) in [5.74, 6) is 0. The molecule has 2 heterocycles. The highest BCUT2D eigenvalue weighted by Gasteiger charge is 2.28. The van der Waals surface area contributed by atoms with E-state index in [0.717, 1.165) is 12.8 Å². The average Bonchev–Trinajstić information content (AvgIpc) is 2.68. The molecular formula is C13H21ClN4O2. The lowest BCUT2D eigenvalue weighted by molar-refractivity contribution is 0.0185. The second-order valence-electron chi connectivity index (χ2n) is 6.05. The number of nitrogen functional groups attached to an aromatic ring is 1. The van der Waals surface area contributed by atoms with Gasteiger partial charge in [0, 0.05) is 19.3 Å². The molecule has 1 saturated heterocycles. The van der Waals surface area contributed by atoms with Crippen molar-refractivity contribution >= 4 is 23.4 Å². The summed E-state index contributed by atoms with van der Waals surface area (Å²) in [5.41, 5.74) is 5.72. The monoisotopic (exact) mass is 300 g/mol. The molecule has 0 atom stereocenters. The van der Waals surface area contributed by atoms with Gasteiger partial charge in [-0.05, 0) is 33.6 Å². The van der Waals surface area contributed by atoms with Crippen LogP contribution in [0.1, 0.15) is 39.7 Å². The normalized spacial score (nSPS) is 17.3. The Kier molecular flexibility index (Phi) is 4.13. The van der Waals surface area contributed by atoms with E-state index >= 15 is 0 Å². The number of hydrogen-bond donors (Lipinski definition) is 1. The molecule has 0 saturated carbocycles. The lowest BCUT2D eigenvalue weighted by Gasteiger charge is -2.33. The summed E-state index contributed by atoms with van der Waals surface area (Å²) >= 11 is 5.86. The second kappa shape index (κ2) is 5.52. The average molecular weight is 301 g/mol. The topological polar surface area (TPSA) is 73.4 Å². The van der Waals surface area contributed by atoms with Gasteiger partial charge in [0.1, 0.15) is 5.60 Å². The molecule has 0 unspecified atom stereocenters. The van der Waals surface area contributed by atoms with Crippen molar-refractivity contribution in [3.8, 4) is 0 Å². The lowest BCUT2D eigenvalue weighted by atomic mass is 10.1. The maximum atomic E-state index is 12.0. The molecule has 0 bridgehead atoms. The molecule has 0 aromatic carbocycles. The minimum atomic E-state index is -0.460. The first kappa shape index (κ1) is 15.0. The van der Waals surface area contributed by atoms with Crippen LogP contribution in [0.15, 0.2) is 6.20 Å². The van der Waals surface area contributed by atoms with E-state index in [1.54, 1.807) is 15.8 Å². The highest BCUT2D eigenvalue weighted by atomic mass is 35.5. The van der Waals surface area contributed by atoms with Gasteiger partial charge in [-0.1, -0.05) is 11.6 Å². The molecule has 1 amide bonds. The molecule has 0 aliphatic carbocycles. The third-order valence-corrected chi connectivity index (χ3v) is 3.50. The number of aromatic nitrogens is 2. The summed E-state index contributed by atoms with van der Waals surface area (Å²) in [6, 6.07) is 0.225. The molecule has 6 nitrogen and oxygen atoms in total. The van der Waals surface area contributed by atoms with Crippen LogP contribution in [0.2, 0.25) is 5.15 Å². The lowest BCUT2D eigenvalue weighted by Crippen LogP contribution is -2.42. The molecule has 1 aliphatic rings. The van der Waals surface area contributed by atoms with Gasteiger partial charge in [-0.25, -0.2) is 4.79 Å². The Labute approximate surface area is 123 Å². The highest BCUT2D eigenvalue weighted by molar-refractivity contribution is 6.31. The molecule has 1 aromatic heterocycles. The number of carbonyl (C=O) groups excluding carboxylic acids is 1. The summed E-state index contributed by atoms with van der Waals surface area (Å²) in [6.45, 7) is 6.90. The number of anilines is 1. The van der Waals surface area contributed by atoms with E-state index in [2.05, 4.69) is 5.10 Å². The molecule has 1 fully saturated rings. The van der Waals surface area contributed by atoms with Crippen LogP contribution in [0.5, 0.6) is 0 Å². The Morgan fingerprint density at radius 3 is 2.50 bits per heavy atom. The fourth-order valence-electron chi connectivity index (χ4n) is 2.21. The van der Waals surface area contributed by atoms with Gasteiger partial charge >= 0.3 is 6.09 Å². The molecule has 0 radical (unpaired) electrons. The minimum Gasteiger partial charge on any atom is -0.444 e. The van der Waals surface area contributed by atoms with E-state index < -0.39 is 5.60 Å². The molecular weight excluding hydrogens is 280 g/mol. The number of amides is 1. The zero-order valence-corrected chi connectivity index (χ0v) is 12.9. The van der Waals surface area contributed by atoms with Gasteiger partial charge < -0.3 is 15.4 Å². The zero-order chi connectivity index (χ0) is 14.9. The van der Waals surface area contributed by atoms with Gasteiger partial charge in [0.25, 0.3) is 0 Å². The smallest absolute Gasteiger partial charge is 0.410 e. The fraction of sp³-hybridized carbons (Fsp3) is 0.692. The highest BCUT2D eigenvalue weighted by Crippen LogP contribution is 2.26. The van der Waals surface area contributed by atoms with Gasteiger partial charge in [0.2, 0.25) is 0 Å². The number of rotatable bonds is 1. The Morgan fingerprint density at radius 2 is 2.05 bits per heavy atom. The van der Waals surface area contributed by atoms with Crippen molar-refractivity contribution < 1.29 is 9.53 Å². The van der Waals surface area contributed by atoms with Crippen LogP contribution >= 0.6 is 11.6 Å². The van der Waals surface area contributed by atoms with Crippen LogP contribution in [0, 0.1) is 0 Å². The molecule has 112 valence electrons. The van der Waals surface area contributed by atoms with E-state index in [9.17, 15) is 4.79 Å². The van der Waals surface area contributed by atoms with Crippen LogP contribution in [-0.2, 0) is 4.74 Å². The van der Waals surface area contributed by atoms with Crippen molar-refractivity contribution in [1.29, 1.82) is 0 Å². The van der Waals surface area contributed by atoms with Crippen LogP contribution < -0.4 is 5.73 Å². The predicted octanol–water partition coefficient (Wildman–Crippen LogP) is 2.69. The standard InChI is InChI=1S/C13H21ClN4O2/c1-13(2,3)20-12(19)17-6-4-9(5-7-17)18-8-10(15)11(14)16-18/h8-9H,4-7,15H2,1-3H3. The summed E-state index contributed by atoms with van der Waals surface area (Å²) in [6.07, 6.45) is 3.12. The third kappa shape index (κ3) is 3.56. The fourth-order valence-corrected chi connectivity index (χ4v) is 2.35. The first-order valence-corrected chi connectivity index (χ1v) is 7.12. The van der Waals surface area contributed by atoms with E-state index in [-0.39, 0.29) is 12.1 Å². The van der Waals surface area contributed by atoms with Crippen molar-refractivity contribution in [3.05, 3.63) is 11.3 Å². The Morgan fingerprint density at radius 1 is 1.45 bits per heavy atom. The van der Waals surface area contributed by atoms with Gasteiger partial charge in [0.05, 0.1) is 11.7 Å². The molecule has 7 heteroatoms. The quantitative estimate of drug-likeness (QED) is 0.865. The molecule has 2 N–H and O–H groups in total. The number of piperidine rings is 1. The summed E-state index contributed by atoms with van der Waals surface area (Å²) in [5, 5.41) is 4.52. The largest absolute Gasteiger partial charge is 0.444 e. The molecule has 20 heavy (non-hydrogen) atoms. The van der Waals surface area contributed by atoms with Crippen molar-refractivity contribution in [1.82, 2.24) is 14.7 Å². The number of carbonyl (C=O) groups is 1. The van der Waals surface area contributed by atoms with E-state index in [0.29, 0.717) is 23.9 Å². The maximum absolute atomic E-state index is 12.0.